The Balaban J connectivity index is 2.21. The molecule has 0 amide bonds. The first kappa shape index (κ1) is 16.3. The maximum atomic E-state index is 13.1. The van der Waals surface area contributed by atoms with Crippen LogP contribution in [0.3, 0.4) is 0 Å². The van der Waals surface area contributed by atoms with E-state index in [0.717, 1.165) is 14.7 Å². The number of rotatable bonds is 5. The quantitative estimate of drug-likeness (QED) is 0.803. The highest BCUT2D eigenvalue weighted by Crippen LogP contribution is 2.37. The van der Waals surface area contributed by atoms with Crippen molar-refractivity contribution in [1.29, 1.82) is 0 Å². The molecular weight excluding hydrogens is 367 g/mol. The van der Waals surface area contributed by atoms with Crippen LogP contribution in [0.25, 0.3) is 0 Å². The number of halogens is 4. The minimum absolute atomic E-state index is 0.116. The van der Waals surface area contributed by atoms with Crippen LogP contribution in [0.2, 0.25) is 0 Å². The summed E-state index contributed by atoms with van der Waals surface area (Å²) >= 11 is 4.74. The van der Waals surface area contributed by atoms with Crippen LogP contribution in [0.15, 0.2) is 34.1 Å². The van der Waals surface area contributed by atoms with E-state index >= 15 is 0 Å². The standard InChI is InChI=1S/C14H13BrF3NOS/c1-19-7-9-2-4-12(11(6-9)14(16,17)18)20-8-10-3-5-13(15)21-10/h2-6,19H,7-8H2,1H3. The minimum atomic E-state index is -4.44. The number of hydrogen-bond donors (Lipinski definition) is 1. The fourth-order valence-corrected chi connectivity index (χ4v) is 3.21. The second kappa shape index (κ2) is 6.81. The van der Waals surface area contributed by atoms with E-state index in [1.807, 2.05) is 12.1 Å². The average Bonchev–Trinajstić information content (AvgIpc) is 2.82. The molecule has 7 heteroatoms. The van der Waals surface area contributed by atoms with Gasteiger partial charge in [0.15, 0.2) is 0 Å². The molecule has 1 aromatic heterocycles. The lowest BCUT2D eigenvalue weighted by molar-refractivity contribution is -0.139. The van der Waals surface area contributed by atoms with Crippen molar-refractivity contribution in [3.05, 3.63) is 50.1 Å². The smallest absolute Gasteiger partial charge is 0.419 e. The molecular formula is C14H13BrF3NOS. The van der Waals surface area contributed by atoms with E-state index in [1.165, 1.54) is 17.4 Å². The number of ether oxygens (including phenoxy) is 1. The highest BCUT2D eigenvalue weighted by Gasteiger charge is 2.34. The van der Waals surface area contributed by atoms with Gasteiger partial charge in [0.05, 0.1) is 9.35 Å². The second-order valence-electron chi connectivity index (χ2n) is 4.35. The highest BCUT2D eigenvalue weighted by molar-refractivity contribution is 9.11. The maximum absolute atomic E-state index is 13.1. The van der Waals surface area contributed by atoms with Gasteiger partial charge in [-0.2, -0.15) is 13.2 Å². The molecule has 1 N–H and O–H groups in total. The molecule has 1 heterocycles. The van der Waals surface area contributed by atoms with Gasteiger partial charge in [0.2, 0.25) is 0 Å². The summed E-state index contributed by atoms with van der Waals surface area (Å²) in [5.41, 5.74) is -0.179. The predicted molar refractivity (Wildman–Crippen MR) is 80.6 cm³/mol. The molecule has 0 radical (unpaired) electrons. The Bertz CT molecular complexity index is 613. The van der Waals surface area contributed by atoms with Crippen LogP contribution < -0.4 is 10.1 Å². The van der Waals surface area contributed by atoms with Crippen LogP contribution in [-0.4, -0.2) is 7.05 Å². The summed E-state index contributed by atoms with van der Waals surface area (Å²) < 4.78 is 45.5. The van der Waals surface area contributed by atoms with Crippen LogP contribution in [0.4, 0.5) is 13.2 Å². The molecule has 0 fully saturated rings. The van der Waals surface area contributed by atoms with E-state index in [-0.39, 0.29) is 12.4 Å². The summed E-state index contributed by atoms with van der Waals surface area (Å²) in [6.45, 7) is 0.492. The first-order chi connectivity index (χ1) is 9.90. The lowest BCUT2D eigenvalue weighted by Crippen LogP contribution is -2.11. The van der Waals surface area contributed by atoms with Gasteiger partial charge >= 0.3 is 6.18 Å². The molecule has 2 aromatic rings. The summed E-state index contributed by atoms with van der Waals surface area (Å²) in [4.78, 5) is 0.856. The van der Waals surface area contributed by atoms with E-state index in [4.69, 9.17) is 4.74 Å². The molecule has 1 aromatic carbocycles. The maximum Gasteiger partial charge on any atom is 0.419 e. The van der Waals surface area contributed by atoms with Crippen LogP contribution in [0.1, 0.15) is 16.0 Å². The van der Waals surface area contributed by atoms with E-state index in [1.54, 1.807) is 13.1 Å². The zero-order chi connectivity index (χ0) is 15.5. The van der Waals surface area contributed by atoms with Crippen molar-refractivity contribution in [2.24, 2.45) is 0 Å². The van der Waals surface area contributed by atoms with E-state index in [0.29, 0.717) is 12.1 Å². The van der Waals surface area contributed by atoms with Gasteiger partial charge in [0.1, 0.15) is 12.4 Å². The van der Waals surface area contributed by atoms with Crippen LogP contribution in [0.5, 0.6) is 5.75 Å². The van der Waals surface area contributed by atoms with Crippen LogP contribution >= 0.6 is 27.3 Å². The Kier molecular flexibility index (Phi) is 5.29. The molecule has 0 spiro atoms. The van der Waals surface area contributed by atoms with Crippen molar-refractivity contribution >= 4 is 27.3 Å². The van der Waals surface area contributed by atoms with Gasteiger partial charge in [-0.05, 0) is 52.8 Å². The lowest BCUT2D eigenvalue weighted by Gasteiger charge is -2.15. The molecule has 0 unspecified atom stereocenters. The van der Waals surface area contributed by atoms with Gasteiger partial charge in [-0.25, -0.2) is 0 Å². The Labute approximate surface area is 133 Å². The Morgan fingerprint density at radius 3 is 2.57 bits per heavy atom. The SMILES string of the molecule is CNCc1ccc(OCc2ccc(Br)s2)c(C(F)(F)F)c1. The first-order valence-corrected chi connectivity index (χ1v) is 7.73. The van der Waals surface area contributed by atoms with Gasteiger partial charge < -0.3 is 10.1 Å². The molecule has 0 aliphatic carbocycles. The van der Waals surface area contributed by atoms with Gasteiger partial charge in [-0.15, -0.1) is 11.3 Å². The third-order valence-electron chi connectivity index (χ3n) is 2.73. The zero-order valence-electron chi connectivity index (χ0n) is 11.1. The number of hydrogen-bond acceptors (Lipinski definition) is 3. The fraction of sp³-hybridized carbons (Fsp3) is 0.286. The summed E-state index contributed by atoms with van der Waals surface area (Å²) in [6, 6.07) is 7.78. The molecule has 0 aliphatic heterocycles. The van der Waals surface area contributed by atoms with E-state index < -0.39 is 11.7 Å². The Morgan fingerprint density at radius 2 is 2.00 bits per heavy atom. The number of thiophene rings is 1. The van der Waals surface area contributed by atoms with Gasteiger partial charge in [0.25, 0.3) is 0 Å². The van der Waals surface area contributed by atoms with Crippen LogP contribution in [-0.2, 0) is 19.3 Å². The zero-order valence-corrected chi connectivity index (χ0v) is 13.5. The summed E-state index contributed by atoms with van der Waals surface area (Å²) in [5.74, 6) is -0.146. The summed E-state index contributed by atoms with van der Waals surface area (Å²) in [7, 11) is 1.69. The predicted octanol–water partition coefficient (Wildman–Crippen LogP) is 4.83. The average molecular weight is 380 g/mol. The number of nitrogens with one attached hydrogen (secondary N) is 1. The van der Waals surface area contributed by atoms with Crippen molar-refractivity contribution in [1.82, 2.24) is 5.32 Å². The Morgan fingerprint density at radius 1 is 1.24 bits per heavy atom. The van der Waals surface area contributed by atoms with Gasteiger partial charge in [-0.3, -0.25) is 0 Å². The van der Waals surface area contributed by atoms with Crippen molar-refractivity contribution in [2.45, 2.75) is 19.3 Å². The van der Waals surface area contributed by atoms with Crippen molar-refractivity contribution in [3.63, 3.8) is 0 Å². The van der Waals surface area contributed by atoms with Crippen molar-refractivity contribution < 1.29 is 17.9 Å². The summed E-state index contributed by atoms with van der Waals surface area (Å²) in [5, 5.41) is 2.83. The van der Waals surface area contributed by atoms with Crippen molar-refractivity contribution in [2.75, 3.05) is 7.05 Å². The molecule has 0 saturated carbocycles. The molecule has 21 heavy (non-hydrogen) atoms. The molecule has 0 bridgehead atoms. The topological polar surface area (TPSA) is 21.3 Å². The normalized spacial score (nSPS) is 11.7. The fourth-order valence-electron chi connectivity index (χ4n) is 1.82. The molecule has 2 rings (SSSR count). The summed E-state index contributed by atoms with van der Waals surface area (Å²) in [6.07, 6.45) is -4.44. The van der Waals surface area contributed by atoms with E-state index in [9.17, 15) is 13.2 Å². The third-order valence-corrected chi connectivity index (χ3v) is 4.33. The second-order valence-corrected chi connectivity index (χ2v) is 6.90. The lowest BCUT2D eigenvalue weighted by atomic mass is 10.1. The van der Waals surface area contributed by atoms with Crippen LogP contribution in [0, 0.1) is 0 Å². The molecule has 114 valence electrons. The molecule has 0 aliphatic rings. The number of benzene rings is 1. The molecule has 0 saturated heterocycles. The first-order valence-electron chi connectivity index (χ1n) is 6.12. The monoisotopic (exact) mass is 379 g/mol. The van der Waals surface area contributed by atoms with Gasteiger partial charge in [-0.1, -0.05) is 6.07 Å². The minimum Gasteiger partial charge on any atom is -0.487 e. The van der Waals surface area contributed by atoms with Gasteiger partial charge in [0, 0.05) is 11.4 Å². The Hall–Kier alpha value is -1.05. The highest BCUT2D eigenvalue weighted by atomic mass is 79.9. The third kappa shape index (κ3) is 4.46. The van der Waals surface area contributed by atoms with E-state index in [2.05, 4.69) is 21.2 Å². The molecule has 2 nitrogen and oxygen atoms in total. The van der Waals surface area contributed by atoms with Crippen molar-refractivity contribution in [3.8, 4) is 5.75 Å². The number of alkyl halides is 3. The largest absolute Gasteiger partial charge is 0.487 e. The molecule has 0 atom stereocenters.